The number of rotatable bonds is 5. The van der Waals surface area contributed by atoms with Gasteiger partial charge in [0.05, 0.1) is 17.4 Å². The number of aliphatic carboxylic acids is 1. The van der Waals surface area contributed by atoms with Crippen LogP contribution in [0.5, 0.6) is 0 Å². The molecule has 108 valence electrons. The Balaban J connectivity index is 2.41. The van der Waals surface area contributed by atoms with Crippen molar-refractivity contribution in [2.75, 3.05) is 0 Å². The standard InChI is InChI=1S/C16H12Cl2O3/c17-11-6-7-12(14(18)8-11)16(21)13(9-15(19)20)10-4-2-1-3-5-10/h1-8,13H,9H2,(H,19,20). The summed E-state index contributed by atoms with van der Waals surface area (Å²) in [5.41, 5.74) is 0.923. The second kappa shape index (κ2) is 6.74. The van der Waals surface area contributed by atoms with Crippen molar-refractivity contribution in [3.05, 3.63) is 69.7 Å². The van der Waals surface area contributed by atoms with Crippen LogP contribution in [0.2, 0.25) is 10.0 Å². The van der Waals surface area contributed by atoms with Crippen molar-refractivity contribution in [3.8, 4) is 0 Å². The molecule has 3 nitrogen and oxygen atoms in total. The second-order valence-corrected chi connectivity index (χ2v) is 5.39. The topological polar surface area (TPSA) is 54.4 Å². The van der Waals surface area contributed by atoms with E-state index < -0.39 is 11.9 Å². The van der Waals surface area contributed by atoms with Gasteiger partial charge in [-0.1, -0.05) is 53.5 Å². The number of carboxylic acids is 1. The van der Waals surface area contributed by atoms with Crippen molar-refractivity contribution < 1.29 is 14.7 Å². The molecule has 0 saturated heterocycles. The number of carbonyl (C=O) groups is 2. The van der Waals surface area contributed by atoms with Gasteiger partial charge in [0.25, 0.3) is 0 Å². The first-order valence-electron chi connectivity index (χ1n) is 6.25. The van der Waals surface area contributed by atoms with Crippen molar-refractivity contribution in [1.29, 1.82) is 0 Å². The maximum absolute atomic E-state index is 12.6. The monoisotopic (exact) mass is 322 g/mol. The zero-order valence-corrected chi connectivity index (χ0v) is 12.4. The Labute approximate surface area is 132 Å². The van der Waals surface area contributed by atoms with E-state index in [-0.39, 0.29) is 22.8 Å². The maximum Gasteiger partial charge on any atom is 0.304 e. The third kappa shape index (κ3) is 3.84. The summed E-state index contributed by atoms with van der Waals surface area (Å²) in [4.78, 5) is 23.7. The number of ketones is 1. The van der Waals surface area contributed by atoms with E-state index in [1.807, 2.05) is 0 Å². The van der Waals surface area contributed by atoms with E-state index in [1.54, 1.807) is 36.4 Å². The molecule has 5 heteroatoms. The number of halogens is 2. The normalized spacial score (nSPS) is 11.9. The van der Waals surface area contributed by atoms with Crippen LogP contribution >= 0.6 is 23.2 Å². The van der Waals surface area contributed by atoms with Crippen molar-refractivity contribution >= 4 is 35.0 Å². The van der Waals surface area contributed by atoms with Gasteiger partial charge in [-0.15, -0.1) is 0 Å². The van der Waals surface area contributed by atoms with Crippen LogP contribution in [0.4, 0.5) is 0 Å². The molecule has 0 saturated carbocycles. The van der Waals surface area contributed by atoms with Gasteiger partial charge in [0.15, 0.2) is 5.78 Å². The maximum atomic E-state index is 12.6. The molecule has 0 aliphatic carbocycles. The average molecular weight is 323 g/mol. The van der Waals surface area contributed by atoms with E-state index in [2.05, 4.69) is 0 Å². The van der Waals surface area contributed by atoms with Crippen LogP contribution in [0.3, 0.4) is 0 Å². The lowest BCUT2D eigenvalue weighted by molar-refractivity contribution is -0.137. The van der Waals surface area contributed by atoms with Gasteiger partial charge in [0, 0.05) is 10.6 Å². The van der Waals surface area contributed by atoms with E-state index in [0.717, 1.165) is 0 Å². The molecule has 0 heterocycles. The molecular weight excluding hydrogens is 311 g/mol. The van der Waals surface area contributed by atoms with Gasteiger partial charge in [0.1, 0.15) is 0 Å². The Morgan fingerprint density at radius 3 is 2.29 bits per heavy atom. The van der Waals surface area contributed by atoms with Gasteiger partial charge in [-0.3, -0.25) is 9.59 Å². The van der Waals surface area contributed by atoms with Crippen LogP contribution in [0, 0.1) is 0 Å². The summed E-state index contributed by atoms with van der Waals surface area (Å²) in [5, 5.41) is 9.69. The molecule has 0 spiro atoms. The number of hydrogen-bond acceptors (Lipinski definition) is 2. The highest BCUT2D eigenvalue weighted by Crippen LogP contribution is 2.29. The Kier molecular flexibility index (Phi) is 4.99. The molecule has 0 aliphatic heterocycles. The van der Waals surface area contributed by atoms with Crippen LogP contribution < -0.4 is 0 Å². The molecule has 1 unspecified atom stereocenters. The zero-order valence-electron chi connectivity index (χ0n) is 10.9. The van der Waals surface area contributed by atoms with Gasteiger partial charge in [-0.25, -0.2) is 0 Å². The fourth-order valence-corrected chi connectivity index (χ4v) is 2.60. The summed E-state index contributed by atoms with van der Waals surface area (Å²) in [6.07, 6.45) is -0.290. The largest absolute Gasteiger partial charge is 0.481 e. The first-order chi connectivity index (χ1) is 9.99. The SMILES string of the molecule is O=C(O)CC(C(=O)c1ccc(Cl)cc1Cl)c1ccccc1. The van der Waals surface area contributed by atoms with Crippen LogP contribution in [0.15, 0.2) is 48.5 Å². The number of benzene rings is 2. The number of Topliss-reactive ketones (excluding diaryl/α,β-unsaturated/α-hetero) is 1. The van der Waals surface area contributed by atoms with E-state index >= 15 is 0 Å². The van der Waals surface area contributed by atoms with Crippen LogP contribution in [-0.4, -0.2) is 16.9 Å². The van der Waals surface area contributed by atoms with Crippen LogP contribution in [0.1, 0.15) is 28.3 Å². The van der Waals surface area contributed by atoms with Crippen LogP contribution in [-0.2, 0) is 4.79 Å². The summed E-state index contributed by atoms with van der Waals surface area (Å²) >= 11 is 11.9. The molecule has 0 aromatic heterocycles. The fraction of sp³-hybridized carbons (Fsp3) is 0.125. The Hall–Kier alpha value is -1.84. The smallest absolute Gasteiger partial charge is 0.304 e. The molecule has 2 aromatic carbocycles. The van der Waals surface area contributed by atoms with Crippen molar-refractivity contribution in [1.82, 2.24) is 0 Å². The molecule has 0 bridgehead atoms. The molecule has 0 amide bonds. The number of carboxylic acid groups (broad SMARTS) is 1. The molecular formula is C16H12Cl2O3. The number of carbonyl (C=O) groups excluding carboxylic acids is 1. The molecule has 0 fully saturated rings. The second-order valence-electron chi connectivity index (χ2n) is 4.55. The highest BCUT2D eigenvalue weighted by molar-refractivity contribution is 6.37. The highest BCUT2D eigenvalue weighted by atomic mass is 35.5. The van der Waals surface area contributed by atoms with Gasteiger partial charge in [0.2, 0.25) is 0 Å². The van der Waals surface area contributed by atoms with E-state index in [0.29, 0.717) is 10.6 Å². The lowest BCUT2D eigenvalue weighted by atomic mass is 9.88. The van der Waals surface area contributed by atoms with Crippen molar-refractivity contribution in [2.24, 2.45) is 0 Å². The minimum Gasteiger partial charge on any atom is -0.481 e. The molecule has 2 rings (SSSR count). The Bertz CT molecular complexity index is 668. The van der Waals surface area contributed by atoms with Gasteiger partial charge in [-0.2, -0.15) is 0 Å². The van der Waals surface area contributed by atoms with Gasteiger partial charge < -0.3 is 5.11 Å². The predicted octanol–water partition coefficient (Wildman–Crippen LogP) is 4.43. The minimum atomic E-state index is -1.04. The Morgan fingerprint density at radius 1 is 1.05 bits per heavy atom. The third-order valence-corrected chi connectivity index (χ3v) is 3.64. The average Bonchev–Trinajstić information content (AvgIpc) is 2.45. The summed E-state index contributed by atoms with van der Waals surface area (Å²) < 4.78 is 0. The minimum absolute atomic E-state index is 0.221. The quantitative estimate of drug-likeness (QED) is 0.828. The first kappa shape index (κ1) is 15.5. The lowest BCUT2D eigenvalue weighted by Crippen LogP contribution is -2.17. The Morgan fingerprint density at radius 2 is 1.71 bits per heavy atom. The molecule has 1 N–H and O–H groups in total. The molecule has 1 atom stereocenters. The molecule has 0 aliphatic rings. The first-order valence-corrected chi connectivity index (χ1v) is 7.00. The van der Waals surface area contributed by atoms with E-state index in [9.17, 15) is 9.59 Å². The lowest BCUT2D eigenvalue weighted by Gasteiger charge is -2.15. The predicted molar refractivity (Wildman–Crippen MR) is 82.2 cm³/mol. The van der Waals surface area contributed by atoms with Crippen molar-refractivity contribution in [2.45, 2.75) is 12.3 Å². The summed E-state index contributed by atoms with van der Waals surface area (Å²) in [7, 11) is 0. The zero-order chi connectivity index (χ0) is 15.4. The molecule has 21 heavy (non-hydrogen) atoms. The summed E-state index contributed by atoms with van der Waals surface area (Å²) in [5.74, 6) is -2.14. The van der Waals surface area contributed by atoms with E-state index in [4.69, 9.17) is 28.3 Å². The fourth-order valence-electron chi connectivity index (χ4n) is 2.10. The molecule has 2 aromatic rings. The summed E-state index contributed by atoms with van der Waals surface area (Å²) in [6.45, 7) is 0. The molecule has 0 radical (unpaired) electrons. The van der Waals surface area contributed by atoms with Crippen LogP contribution in [0.25, 0.3) is 0 Å². The van der Waals surface area contributed by atoms with Gasteiger partial charge in [-0.05, 0) is 23.8 Å². The van der Waals surface area contributed by atoms with E-state index in [1.165, 1.54) is 12.1 Å². The third-order valence-electron chi connectivity index (χ3n) is 3.09. The highest BCUT2D eigenvalue weighted by Gasteiger charge is 2.26. The van der Waals surface area contributed by atoms with Crippen molar-refractivity contribution in [3.63, 3.8) is 0 Å². The van der Waals surface area contributed by atoms with Gasteiger partial charge >= 0.3 is 5.97 Å². The summed E-state index contributed by atoms with van der Waals surface area (Å²) in [6, 6.07) is 13.3. The number of hydrogen-bond donors (Lipinski definition) is 1.